The maximum atomic E-state index is 13.4. The quantitative estimate of drug-likeness (QED) is 0.547. The molecular formula is C25H27FN4O4S. The lowest BCUT2D eigenvalue weighted by atomic mass is 10.1. The van der Waals surface area contributed by atoms with Crippen molar-refractivity contribution in [3.05, 3.63) is 57.8 Å². The Hall–Kier alpha value is -3.42. The Morgan fingerprint density at radius 2 is 1.97 bits per heavy atom. The SMILES string of the molecule is COC(=O)N1C[C@H](NC(=O)[C@@H]2C[C@H](F)CN2)C[C@@H]1CNC(=O)c1ccc(C#Cc2ccccc2)s1. The van der Waals surface area contributed by atoms with Crippen LogP contribution in [-0.4, -0.2) is 73.8 Å². The van der Waals surface area contributed by atoms with Gasteiger partial charge in [0.1, 0.15) is 6.17 Å². The zero-order chi connectivity index (χ0) is 24.8. The number of carbonyl (C=O) groups excluding carboxylic acids is 3. The average molecular weight is 499 g/mol. The van der Waals surface area contributed by atoms with Crippen LogP contribution in [0.3, 0.4) is 0 Å². The summed E-state index contributed by atoms with van der Waals surface area (Å²) in [7, 11) is 1.29. The third-order valence-corrected chi connectivity index (χ3v) is 6.99. The number of hydrogen-bond donors (Lipinski definition) is 3. The number of likely N-dealkylation sites (tertiary alicyclic amines) is 1. The first kappa shape index (κ1) is 24.7. The van der Waals surface area contributed by atoms with E-state index in [1.54, 1.807) is 12.1 Å². The van der Waals surface area contributed by atoms with Crippen molar-refractivity contribution >= 4 is 29.2 Å². The van der Waals surface area contributed by atoms with Gasteiger partial charge in [0.15, 0.2) is 0 Å². The van der Waals surface area contributed by atoms with Crippen LogP contribution in [0.1, 0.15) is 33.0 Å². The number of carbonyl (C=O) groups is 3. The summed E-state index contributed by atoms with van der Waals surface area (Å²) in [5, 5.41) is 8.62. The van der Waals surface area contributed by atoms with E-state index >= 15 is 0 Å². The third-order valence-electron chi connectivity index (χ3n) is 6.00. The first-order valence-corrected chi connectivity index (χ1v) is 12.2. The Labute approximate surface area is 207 Å². The van der Waals surface area contributed by atoms with Crippen LogP contribution in [0, 0.1) is 11.8 Å². The van der Waals surface area contributed by atoms with Gasteiger partial charge in [-0.3, -0.25) is 9.59 Å². The van der Waals surface area contributed by atoms with Crippen molar-refractivity contribution in [3.8, 4) is 11.8 Å². The number of rotatable bonds is 5. The molecular weight excluding hydrogens is 471 g/mol. The maximum Gasteiger partial charge on any atom is 0.409 e. The van der Waals surface area contributed by atoms with Gasteiger partial charge in [0.05, 0.1) is 28.9 Å². The van der Waals surface area contributed by atoms with Crippen LogP contribution in [0.2, 0.25) is 0 Å². The van der Waals surface area contributed by atoms with E-state index in [2.05, 4.69) is 27.8 Å². The van der Waals surface area contributed by atoms with E-state index in [-0.39, 0.29) is 50.0 Å². The highest BCUT2D eigenvalue weighted by Crippen LogP contribution is 2.21. The van der Waals surface area contributed by atoms with Gasteiger partial charge in [-0.25, -0.2) is 9.18 Å². The molecule has 8 nitrogen and oxygen atoms in total. The summed E-state index contributed by atoms with van der Waals surface area (Å²) in [4.78, 5) is 40.2. The monoisotopic (exact) mass is 498 g/mol. The van der Waals surface area contributed by atoms with E-state index in [0.717, 1.165) is 10.4 Å². The first-order chi connectivity index (χ1) is 16.9. The van der Waals surface area contributed by atoms with Crippen molar-refractivity contribution in [1.29, 1.82) is 0 Å². The predicted molar refractivity (Wildman–Crippen MR) is 130 cm³/mol. The molecule has 2 fully saturated rings. The molecule has 0 unspecified atom stereocenters. The van der Waals surface area contributed by atoms with Crippen LogP contribution in [0.4, 0.5) is 9.18 Å². The standard InChI is InChI=1S/C25H27FN4O4S/c1-34-25(33)30-15-18(29-23(31)21-11-17(26)13-27-21)12-19(30)14-28-24(32)22-10-9-20(35-22)8-7-16-5-3-2-4-6-16/h2-6,9-10,17-19,21,27H,11-15H2,1H3,(H,28,32)(H,29,31)/t17-,18+,19+,21-/m0/s1. The smallest absolute Gasteiger partial charge is 0.409 e. The summed E-state index contributed by atoms with van der Waals surface area (Å²) < 4.78 is 18.3. The topological polar surface area (TPSA) is 99.8 Å². The molecule has 35 heavy (non-hydrogen) atoms. The molecule has 3 heterocycles. The zero-order valence-corrected chi connectivity index (χ0v) is 20.1. The fourth-order valence-corrected chi connectivity index (χ4v) is 5.01. The molecule has 4 rings (SSSR count). The molecule has 10 heteroatoms. The summed E-state index contributed by atoms with van der Waals surface area (Å²) in [5.41, 5.74) is 0.894. The van der Waals surface area contributed by atoms with Gasteiger partial charge in [-0.15, -0.1) is 11.3 Å². The zero-order valence-electron chi connectivity index (χ0n) is 19.3. The normalized spacial score (nSPS) is 23.3. The third kappa shape index (κ3) is 6.38. The van der Waals surface area contributed by atoms with E-state index in [0.29, 0.717) is 11.3 Å². The van der Waals surface area contributed by atoms with Gasteiger partial charge >= 0.3 is 6.09 Å². The molecule has 184 valence electrons. The molecule has 1 aromatic carbocycles. The van der Waals surface area contributed by atoms with Crippen LogP contribution in [0.15, 0.2) is 42.5 Å². The Morgan fingerprint density at radius 3 is 2.69 bits per heavy atom. The molecule has 0 spiro atoms. The Morgan fingerprint density at radius 1 is 1.17 bits per heavy atom. The molecule has 0 bridgehead atoms. The van der Waals surface area contributed by atoms with Crippen LogP contribution in [0.25, 0.3) is 0 Å². The first-order valence-electron chi connectivity index (χ1n) is 11.4. The minimum Gasteiger partial charge on any atom is -0.453 e. The highest BCUT2D eigenvalue weighted by molar-refractivity contribution is 7.14. The minimum absolute atomic E-state index is 0.136. The largest absolute Gasteiger partial charge is 0.453 e. The number of halogens is 1. The van der Waals surface area contributed by atoms with Gasteiger partial charge in [-0.05, 0) is 30.7 Å². The minimum atomic E-state index is -1.04. The molecule has 0 radical (unpaired) electrons. The van der Waals surface area contributed by atoms with E-state index in [1.807, 2.05) is 30.3 Å². The number of methoxy groups -OCH3 is 1. The second-order valence-electron chi connectivity index (χ2n) is 8.50. The number of amides is 3. The molecule has 0 saturated carbocycles. The molecule has 1 aromatic heterocycles. The molecule has 0 aliphatic carbocycles. The number of ether oxygens (including phenoxy) is 1. The van der Waals surface area contributed by atoms with E-state index in [1.165, 1.54) is 23.3 Å². The number of benzene rings is 1. The fraction of sp³-hybridized carbons (Fsp3) is 0.400. The lowest BCUT2D eigenvalue weighted by Gasteiger charge is -2.23. The molecule has 4 atom stereocenters. The van der Waals surface area contributed by atoms with Crippen molar-refractivity contribution in [2.45, 2.75) is 37.1 Å². The lowest BCUT2D eigenvalue weighted by Crippen LogP contribution is -2.46. The summed E-state index contributed by atoms with van der Waals surface area (Å²) in [6.45, 7) is 0.619. The van der Waals surface area contributed by atoms with E-state index in [4.69, 9.17) is 4.74 Å². The van der Waals surface area contributed by atoms with Crippen LogP contribution in [0.5, 0.6) is 0 Å². The second-order valence-corrected chi connectivity index (χ2v) is 9.58. The van der Waals surface area contributed by atoms with Crippen molar-refractivity contribution in [1.82, 2.24) is 20.9 Å². The van der Waals surface area contributed by atoms with Crippen molar-refractivity contribution in [2.75, 3.05) is 26.7 Å². The highest BCUT2D eigenvalue weighted by atomic mass is 32.1. The van der Waals surface area contributed by atoms with Crippen LogP contribution in [-0.2, 0) is 9.53 Å². The summed E-state index contributed by atoms with van der Waals surface area (Å²) >= 11 is 1.29. The molecule has 2 saturated heterocycles. The number of alkyl halides is 1. The Balaban J connectivity index is 1.33. The van der Waals surface area contributed by atoms with E-state index in [9.17, 15) is 18.8 Å². The van der Waals surface area contributed by atoms with Gasteiger partial charge in [-0.1, -0.05) is 30.0 Å². The summed E-state index contributed by atoms with van der Waals surface area (Å²) in [6.07, 6.45) is -0.980. The lowest BCUT2D eigenvalue weighted by molar-refractivity contribution is -0.123. The van der Waals surface area contributed by atoms with Gasteiger partial charge < -0.3 is 25.6 Å². The Kier molecular flexibility index (Phi) is 8.00. The summed E-state index contributed by atoms with van der Waals surface area (Å²) in [5.74, 6) is 5.59. The van der Waals surface area contributed by atoms with Crippen molar-refractivity contribution in [2.24, 2.45) is 0 Å². The molecule has 2 aliphatic rings. The van der Waals surface area contributed by atoms with Gasteiger partial charge in [0, 0.05) is 37.7 Å². The van der Waals surface area contributed by atoms with Gasteiger partial charge in [0.2, 0.25) is 5.91 Å². The maximum absolute atomic E-state index is 13.4. The number of hydrogen-bond acceptors (Lipinski definition) is 6. The van der Waals surface area contributed by atoms with Crippen molar-refractivity contribution in [3.63, 3.8) is 0 Å². The highest BCUT2D eigenvalue weighted by Gasteiger charge is 2.38. The second kappa shape index (κ2) is 11.3. The van der Waals surface area contributed by atoms with Crippen LogP contribution >= 0.6 is 11.3 Å². The van der Waals surface area contributed by atoms with Gasteiger partial charge in [-0.2, -0.15) is 0 Å². The average Bonchev–Trinajstić information content (AvgIpc) is 3.61. The van der Waals surface area contributed by atoms with Gasteiger partial charge in [0.25, 0.3) is 5.91 Å². The number of nitrogens with one attached hydrogen (secondary N) is 3. The van der Waals surface area contributed by atoms with E-state index < -0.39 is 18.3 Å². The van der Waals surface area contributed by atoms with Crippen LogP contribution < -0.4 is 16.0 Å². The predicted octanol–water partition coefficient (Wildman–Crippen LogP) is 1.90. The fourth-order valence-electron chi connectivity index (χ4n) is 4.23. The molecule has 3 amide bonds. The molecule has 2 aromatic rings. The molecule has 3 N–H and O–H groups in total. The van der Waals surface area contributed by atoms with Crippen molar-refractivity contribution < 1.29 is 23.5 Å². The Bertz CT molecular complexity index is 1130. The number of thiophene rings is 1. The molecule has 2 aliphatic heterocycles. The summed E-state index contributed by atoms with van der Waals surface area (Å²) in [6, 6.07) is 11.9. The number of nitrogens with zero attached hydrogens (tertiary/aromatic N) is 1.